The average molecular weight is 450 g/mol. The molecule has 2 aromatic carbocycles. The minimum atomic E-state index is -3.19. The van der Waals surface area contributed by atoms with Crippen molar-refractivity contribution in [2.75, 3.05) is 13.1 Å². The summed E-state index contributed by atoms with van der Waals surface area (Å²) in [6.07, 6.45) is 0.857. The number of halogens is 2. The van der Waals surface area contributed by atoms with Crippen molar-refractivity contribution >= 4 is 27.7 Å². The smallest absolute Gasteiger partial charge is 0.276 e. The monoisotopic (exact) mass is 450 g/mol. The van der Waals surface area contributed by atoms with Crippen molar-refractivity contribution in [1.82, 2.24) is 19.4 Å². The standard InChI is InChI=1S/C24H20F2N4O3/c1-29-8-6-14-10-15(2-4-17(14)23(29)33)20-12-27-18-5-3-16(11-19(18)28-20)22(32)30-9-7-24(25,26)21(31)13-30/h2-6,8,10-12,21,31H,7,9,13H2,1H3/t21-/m1/s1. The molecule has 1 N–H and O–H groups in total. The average Bonchev–Trinajstić information content (AvgIpc) is 2.82. The molecule has 9 heteroatoms. The van der Waals surface area contributed by atoms with Crippen LogP contribution in [-0.2, 0) is 7.05 Å². The molecule has 1 amide bonds. The molecular formula is C24H20F2N4O3. The minimum absolute atomic E-state index is 0.0904. The fourth-order valence-electron chi connectivity index (χ4n) is 4.04. The Morgan fingerprint density at radius 2 is 1.97 bits per heavy atom. The zero-order chi connectivity index (χ0) is 23.3. The largest absolute Gasteiger partial charge is 0.385 e. The molecule has 5 rings (SSSR count). The van der Waals surface area contributed by atoms with Gasteiger partial charge in [0.15, 0.2) is 0 Å². The summed E-state index contributed by atoms with van der Waals surface area (Å²) in [6, 6.07) is 12.0. The molecule has 4 aromatic rings. The minimum Gasteiger partial charge on any atom is -0.385 e. The van der Waals surface area contributed by atoms with Gasteiger partial charge >= 0.3 is 0 Å². The van der Waals surface area contributed by atoms with Crippen molar-refractivity contribution in [2.45, 2.75) is 18.4 Å². The van der Waals surface area contributed by atoms with E-state index in [1.807, 2.05) is 12.1 Å². The van der Waals surface area contributed by atoms with Crippen molar-refractivity contribution < 1.29 is 18.7 Å². The van der Waals surface area contributed by atoms with Gasteiger partial charge in [-0.25, -0.2) is 13.8 Å². The lowest BCUT2D eigenvalue weighted by Gasteiger charge is -2.35. The van der Waals surface area contributed by atoms with Crippen LogP contribution in [0.2, 0.25) is 0 Å². The van der Waals surface area contributed by atoms with Gasteiger partial charge in [-0.15, -0.1) is 0 Å². The first-order valence-corrected chi connectivity index (χ1v) is 10.4. The number of aliphatic hydroxyl groups is 1. The zero-order valence-corrected chi connectivity index (χ0v) is 17.7. The van der Waals surface area contributed by atoms with Crippen molar-refractivity contribution in [3.8, 4) is 11.3 Å². The van der Waals surface area contributed by atoms with Gasteiger partial charge in [0, 0.05) is 42.7 Å². The van der Waals surface area contributed by atoms with Crippen LogP contribution >= 0.6 is 0 Å². The number of likely N-dealkylation sites (tertiary alicyclic amines) is 1. The number of hydrogen-bond acceptors (Lipinski definition) is 5. The van der Waals surface area contributed by atoms with Gasteiger partial charge in [0.05, 0.1) is 29.5 Å². The Kier molecular flexibility index (Phi) is 4.93. The van der Waals surface area contributed by atoms with Gasteiger partial charge in [0.1, 0.15) is 6.10 Å². The number of fused-ring (bicyclic) bond motifs is 2. The molecule has 1 aliphatic heterocycles. The maximum absolute atomic E-state index is 13.6. The van der Waals surface area contributed by atoms with Crippen molar-refractivity contribution in [2.24, 2.45) is 7.05 Å². The van der Waals surface area contributed by atoms with Crippen LogP contribution in [0.5, 0.6) is 0 Å². The number of benzene rings is 2. The van der Waals surface area contributed by atoms with Crippen LogP contribution in [0.25, 0.3) is 33.1 Å². The molecule has 168 valence electrons. The van der Waals surface area contributed by atoms with Crippen LogP contribution in [0, 0.1) is 0 Å². The van der Waals surface area contributed by atoms with E-state index in [1.165, 1.54) is 9.47 Å². The predicted octanol–water partition coefficient (Wildman–Crippen LogP) is 2.99. The third-order valence-electron chi connectivity index (χ3n) is 6.05. The highest BCUT2D eigenvalue weighted by atomic mass is 19.3. The molecule has 7 nitrogen and oxygen atoms in total. The van der Waals surface area contributed by atoms with Crippen LogP contribution in [-0.4, -0.2) is 55.6 Å². The summed E-state index contributed by atoms with van der Waals surface area (Å²) in [4.78, 5) is 35.4. The maximum Gasteiger partial charge on any atom is 0.276 e. The van der Waals surface area contributed by atoms with Gasteiger partial charge in [0.2, 0.25) is 0 Å². The van der Waals surface area contributed by atoms with Gasteiger partial charge in [-0.05, 0) is 41.8 Å². The number of nitrogens with zero attached hydrogens (tertiary/aromatic N) is 4. The van der Waals surface area contributed by atoms with E-state index >= 15 is 0 Å². The summed E-state index contributed by atoms with van der Waals surface area (Å²) in [5, 5.41) is 11.0. The molecule has 2 aromatic heterocycles. The van der Waals surface area contributed by atoms with Crippen molar-refractivity contribution in [1.29, 1.82) is 0 Å². The van der Waals surface area contributed by atoms with Gasteiger partial charge in [0.25, 0.3) is 17.4 Å². The fourth-order valence-corrected chi connectivity index (χ4v) is 4.04. The Labute approximate surface area is 186 Å². The Hall–Kier alpha value is -3.72. The van der Waals surface area contributed by atoms with Gasteiger partial charge in [-0.1, -0.05) is 6.07 Å². The number of hydrogen-bond donors (Lipinski definition) is 1. The lowest BCUT2D eigenvalue weighted by atomic mass is 10.0. The van der Waals surface area contributed by atoms with E-state index in [0.717, 1.165) is 10.9 Å². The summed E-state index contributed by atoms with van der Waals surface area (Å²) >= 11 is 0. The second-order valence-electron chi connectivity index (χ2n) is 8.27. The number of β-amino-alcohol motifs (C(OH)–C–C–N with tert-alkyl or cyclic N) is 1. The van der Waals surface area contributed by atoms with Crippen molar-refractivity contribution in [3.05, 3.63) is 70.8 Å². The highest BCUT2D eigenvalue weighted by molar-refractivity contribution is 5.97. The normalized spacial score (nSPS) is 18.1. The number of alkyl halides is 2. The quantitative estimate of drug-likeness (QED) is 0.507. The van der Waals surface area contributed by atoms with E-state index in [-0.39, 0.29) is 17.7 Å². The Balaban J connectivity index is 1.48. The number of carbonyl (C=O) groups excluding carboxylic acids is 1. The molecule has 33 heavy (non-hydrogen) atoms. The number of aromatic nitrogens is 3. The maximum atomic E-state index is 13.6. The second kappa shape index (κ2) is 7.70. The van der Waals surface area contributed by atoms with Crippen LogP contribution < -0.4 is 5.56 Å². The molecule has 0 unspecified atom stereocenters. The molecule has 0 spiro atoms. The highest BCUT2D eigenvalue weighted by Gasteiger charge is 2.44. The van der Waals surface area contributed by atoms with Gasteiger partial charge < -0.3 is 14.6 Å². The molecule has 1 saturated heterocycles. The summed E-state index contributed by atoms with van der Waals surface area (Å²) < 4.78 is 28.6. The molecule has 1 fully saturated rings. The molecule has 0 bridgehead atoms. The van der Waals surface area contributed by atoms with Crippen molar-refractivity contribution in [3.63, 3.8) is 0 Å². The zero-order valence-electron chi connectivity index (χ0n) is 17.7. The lowest BCUT2D eigenvalue weighted by molar-refractivity contribution is -0.141. The van der Waals surface area contributed by atoms with Gasteiger partial charge in [-0.2, -0.15) is 0 Å². The summed E-state index contributed by atoms with van der Waals surface area (Å²) in [6.45, 7) is -0.560. The second-order valence-corrected chi connectivity index (χ2v) is 8.27. The summed E-state index contributed by atoms with van der Waals surface area (Å²) in [5.41, 5.74) is 2.59. The van der Waals surface area contributed by atoms with Crippen LogP contribution in [0.15, 0.2) is 59.7 Å². The third-order valence-corrected chi connectivity index (χ3v) is 6.05. The van der Waals surface area contributed by atoms with E-state index in [2.05, 4.69) is 9.97 Å². The summed E-state index contributed by atoms with van der Waals surface area (Å²) in [5.74, 6) is -3.63. The van der Waals surface area contributed by atoms with Crippen LogP contribution in [0.4, 0.5) is 8.78 Å². The first-order chi connectivity index (χ1) is 15.7. The van der Waals surface area contributed by atoms with E-state index in [0.29, 0.717) is 22.1 Å². The number of carbonyl (C=O) groups is 1. The molecule has 0 aliphatic carbocycles. The molecule has 0 saturated carbocycles. The van der Waals surface area contributed by atoms with E-state index in [4.69, 9.17) is 0 Å². The topological polar surface area (TPSA) is 88.3 Å². The SMILES string of the molecule is Cn1ccc2cc(-c3cnc4ccc(C(=O)N5CCC(F)(F)[C@H](O)C5)cc4n3)ccc2c1=O. The summed E-state index contributed by atoms with van der Waals surface area (Å²) in [7, 11) is 1.69. The number of piperidine rings is 1. The highest BCUT2D eigenvalue weighted by Crippen LogP contribution is 2.29. The predicted molar refractivity (Wildman–Crippen MR) is 119 cm³/mol. The third kappa shape index (κ3) is 3.74. The Morgan fingerprint density at radius 1 is 1.15 bits per heavy atom. The van der Waals surface area contributed by atoms with E-state index < -0.39 is 30.9 Å². The Morgan fingerprint density at radius 3 is 2.76 bits per heavy atom. The number of rotatable bonds is 2. The first kappa shape index (κ1) is 21.1. The van der Waals surface area contributed by atoms with Gasteiger partial charge in [-0.3, -0.25) is 14.6 Å². The fraction of sp³-hybridized carbons (Fsp3) is 0.250. The molecule has 1 atom stereocenters. The molecule has 3 heterocycles. The number of pyridine rings is 1. The van der Waals surface area contributed by atoms with E-state index in [9.17, 15) is 23.5 Å². The number of aryl methyl sites for hydroxylation is 1. The Bertz CT molecular complexity index is 1470. The van der Waals surface area contributed by atoms with E-state index in [1.54, 1.807) is 49.8 Å². The molecule has 1 aliphatic rings. The molecule has 0 radical (unpaired) electrons. The van der Waals surface area contributed by atoms with Crippen LogP contribution in [0.1, 0.15) is 16.8 Å². The molecular weight excluding hydrogens is 430 g/mol. The van der Waals surface area contributed by atoms with Crippen LogP contribution in [0.3, 0.4) is 0 Å². The first-order valence-electron chi connectivity index (χ1n) is 10.4. The number of amides is 1. The number of aliphatic hydroxyl groups excluding tert-OH is 1. The lowest BCUT2D eigenvalue weighted by Crippen LogP contribution is -2.52.